The van der Waals surface area contributed by atoms with E-state index in [9.17, 15) is 14.4 Å². The molecule has 0 aromatic heterocycles. The number of carbonyl (C=O) groups is 3. The zero-order valence-electron chi connectivity index (χ0n) is 15.3. The minimum atomic E-state index is -0.720. The average Bonchev–Trinajstić information content (AvgIpc) is 2.62. The van der Waals surface area contributed by atoms with Gasteiger partial charge in [-0.1, -0.05) is 25.7 Å². The lowest BCUT2D eigenvalue weighted by atomic mass is 9.90. The van der Waals surface area contributed by atoms with Crippen molar-refractivity contribution in [3.8, 4) is 0 Å². The van der Waals surface area contributed by atoms with Gasteiger partial charge < -0.3 is 10.6 Å². The van der Waals surface area contributed by atoms with Gasteiger partial charge in [0.25, 0.3) is 5.91 Å². The zero-order chi connectivity index (χ0) is 18.0. The number of carbonyl (C=O) groups excluding carboxylic acids is 3. The molecule has 1 spiro atoms. The lowest BCUT2D eigenvalue weighted by Gasteiger charge is -2.27. The minimum absolute atomic E-state index is 0.124. The van der Waals surface area contributed by atoms with Crippen LogP contribution in [0.15, 0.2) is 0 Å². The van der Waals surface area contributed by atoms with E-state index in [4.69, 9.17) is 0 Å². The molecule has 2 fully saturated rings. The Kier molecular flexibility index (Phi) is 5.52. The van der Waals surface area contributed by atoms with Crippen LogP contribution < -0.4 is 10.6 Å². The molecule has 0 bridgehead atoms. The number of nitrogens with zero attached hydrogens (tertiary/aromatic N) is 2. The molecule has 1 saturated heterocycles. The zero-order valence-corrected chi connectivity index (χ0v) is 15.3. The van der Waals surface area contributed by atoms with Gasteiger partial charge in [0.2, 0.25) is 5.91 Å². The van der Waals surface area contributed by atoms with E-state index in [1.54, 1.807) is 11.9 Å². The van der Waals surface area contributed by atoms with E-state index in [0.29, 0.717) is 12.8 Å². The number of hydrogen-bond acceptors (Lipinski definition) is 4. The van der Waals surface area contributed by atoms with Gasteiger partial charge >= 0.3 is 6.03 Å². The maximum absolute atomic E-state index is 12.8. The highest BCUT2D eigenvalue weighted by Crippen LogP contribution is 2.32. The van der Waals surface area contributed by atoms with Crippen molar-refractivity contribution in [1.29, 1.82) is 0 Å². The topological polar surface area (TPSA) is 81.8 Å². The van der Waals surface area contributed by atoms with E-state index in [-0.39, 0.29) is 36.6 Å². The number of rotatable bonds is 4. The number of hydrogen-bond donors (Lipinski definition) is 2. The van der Waals surface area contributed by atoms with Crippen LogP contribution in [0.25, 0.3) is 0 Å². The first kappa shape index (κ1) is 18.7. The van der Waals surface area contributed by atoms with Crippen molar-refractivity contribution in [3.05, 3.63) is 0 Å². The van der Waals surface area contributed by atoms with Gasteiger partial charge in [0.1, 0.15) is 5.54 Å². The van der Waals surface area contributed by atoms with Crippen LogP contribution in [-0.4, -0.2) is 59.0 Å². The number of imide groups is 1. The van der Waals surface area contributed by atoms with Crippen molar-refractivity contribution in [2.24, 2.45) is 0 Å². The number of likely N-dealkylation sites (N-methyl/N-ethyl adjacent to an activating group) is 1. The highest BCUT2D eigenvalue weighted by Gasteiger charge is 2.50. The lowest BCUT2D eigenvalue weighted by molar-refractivity contribution is -0.134. The van der Waals surface area contributed by atoms with Crippen LogP contribution in [0.4, 0.5) is 4.79 Å². The normalized spacial score (nSPS) is 21.1. The lowest BCUT2D eigenvalue weighted by Crippen LogP contribution is -2.49. The molecule has 7 nitrogen and oxygen atoms in total. The molecule has 1 aliphatic heterocycles. The Bertz CT molecular complexity index is 504. The summed E-state index contributed by atoms with van der Waals surface area (Å²) in [6, 6.07) is -0.343. The first-order valence-electron chi connectivity index (χ1n) is 8.77. The molecule has 4 amide bonds. The molecular formula is C17H30N4O3. The van der Waals surface area contributed by atoms with Crippen LogP contribution >= 0.6 is 0 Å². The fourth-order valence-electron chi connectivity index (χ4n) is 3.47. The van der Waals surface area contributed by atoms with Crippen LogP contribution in [0.5, 0.6) is 0 Å². The Labute approximate surface area is 144 Å². The highest BCUT2D eigenvalue weighted by atomic mass is 16.2. The maximum Gasteiger partial charge on any atom is 0.326 e. The third kappa shape index (κ3) is 4.47. The van der Waals surface area contributed by atoms with Gasteiger partial charge in [-0.3, -0.25) is 14.5 Å². The second kappa shape index (κ2) is 7.09. The third-order valence-corrected chi connectivity index (χ3v) is 4.51. The van der Waals surface area contributed by atoms with Gasteiger partial charge in [-0.2, -0.15) is 0 Å². The van der Waals surface area contributed by atoms with E-state index in [0.717, 1.165) is 25.7 Å². The first-order valence-corrected chi connectivity index (χ1v) is 8.77. The molecule has 0 aromatic carbocycles. The smallest absolute Gasteiger partial charge is 0.326 e. The van der Waals surface area contributed by atoms with Crippen molar-refractivity contribution >= 4 is 17.8 Å². The van der Waals surface area contributed by atoms with Crippen molar-refractivity contribution in [2.75, 3.05) is 20.3 Å². The molecule has 2 rings (SSSR count). The standard InChI is InChI=1S/C17H30N4O3/c1-16(2,3)18-13(22)11-20(4)12-21-14(23)17(19-15(21)24)9-7-5-6-8-10-17/h5-12H2,1-4H3,(H,18,22)(H,19,24). The summed E-state index contributed by atoms with van der Waals surface area (Å²) in [6.45, 7) is 6.01. The molecule has 24 heavy (non-hydrogen) atoms. The highest BCUT2D eigenvalue weighted by molar-refractivity contribution is 6.07. The predicted molar refractivity (Wildman–Crippen MR) is 91.2 cm³/mol. The molecule has 136 valence electrons. The van der Waals surface area contributed by atoms with E-state index in [1.165, 1.54) is 4.90 Å². The Morgan fingerprint density at radius 3 is 2.33 bits per heavy atom. The summed E-state index contributed by atoms with van der Waals surface area (Å²) in [7, 11) is 1.74. The second-order valence-corrected chi connectivity index (χ2v) is 8.11. The SMILES string of the molecule is CN(CC(=O)NC(C)(C)C)CN1C(=O)NC2(CCCCCC2)C1=O. The maximum atomic E-state index is 12.8. The first-order chi connectivity index (χ1) is 11.1. The Morgan fingerprint density at radius 1 is 1.21 bits per heavy atom. The summed E-state index contributed by atoms with van der Waals surface area (Å²) in [5.74, 6) is -0.265. The number of nitrogens with one attached hydrogen (secondary N) is 2. The molecule has 0 radical (unpaired) electrons. The summed E-state index contributed by atoms with van der Waals surface area (Å²) < 4.78 is 0. The van der Waals surface area contributed by atoms with Gasteiger partial charge in [-0.25, -0.2) is 9.69 Å². The monoisotopic (exact) mass is 338 g/mol. The van der Waals surface area contributed by atoms with Gasteiger partial charge in [0, 0.05) is 5.54 Å². The Morgan fingerprint density at radius 2 is 1.79 bits per heavy atom. The van der Waals surface area contributed by atoms with E-state index < -0.39 is 5.54 Å². The van der Waals surface area contributed by atoms with Gasteiger partial charge in [-0.05, 0) is 40.7 Å². The second-order valence-electron chi connectivity index (χ2n) is 8.11. The summed E-state index contributed by atoms with van der Waals surface area (Å²) in [4.78, 5) is 40.0. The molecular weight excluding hydrogens is 308 g/mol. The molecule has 1 aliphatic carbocycles. The molecule has 1 heterocycles. The van der Waals surface area contributed by atoms with Crippen molar-refractivity contribution in [1.82, 2.24) is 20.4 Å². The average molecular weight is 338 g/mol. The molecule has 2 N–H and O–H groups in total. The van der Waals surface area contributed by atoms with Crippen molar-refractivity contribution in [2.45, 2.75) is 70.4 Å². The Balaban J connectivity index is 1.95. The summed E-state index contributed by atoms with van der Waals surface area (Å²) in [5, 5.41) is 5.79. The van der Waals surface area contributed by atoms with Crippen LogP contribution in [0.3, 0.4) is 0 Å². The van der Waals surface area contributed by atoms with E-state index in [1.807, 2.05) is 20.8 Å². The van der Waals surface area contributed by atoms with Crippen LogP contribution in [0, 0.1) is 0 Å². The van der Waals surface area contributed by atoms with E-state index in [2.05, 4.69) is 10.6 Å². The molecule has 7 heteroatoms. The summed E-state index contributed by atoms with van der Waals surface area (Å²) in [5.41, 5.74) is -1.02. The van der Waals surface area contributed by atoms with Crippen molar-refractivity contribution < 1.29 is 14.4 Å². The van der Waals surface area contributed by atoms with Gasteiger partial charge in [-0.15, -0.1) is 0 Å². The molecule has 2 aliphatic rings. The Hall–Kier alpha value is -1.63. The van der Waals surface area contributed by atoms with Crippen LogP contribution in [0.2, 0.25) is 0 Å². The summed E-state index contributed by atoms with van der Waals surface area (Å²) in [6.07, 6.45) is 5.56. The van der Waals surface area contributed by atoms with E-state index >= 15 is 0 Å². The van der Waals surface area contributed by atoms with Crippen molar-refractivity contribution in [3.63, 3.8) is 0 Å². The van der Waals surface area contributed by atoms with Crippen LogP contribution in [-0.2, 0) is 9.59 Å². The predicted octanol–water partition coefficient (Wildman–Crippen LogP) is 1.44. The quantitative estimate of drug-likeness (QED) is 0.760. The largest absolute Gasteiger partial charge is 0.350 e. The molecule has 0 aromatic rings. The molecule has 0 atom stereocenters. The fourth-order valence-corrected chi connectivity index (χ4v) is 3.47. The molecule has 1 saturated carbocycles. The van der Waals surface area contributed by atoms with Gasteiger partial charge in [0.15, 0.2) is 0 Å². The fraction of sp³-hybridized carbons (Fsp3) is 0.824. The number of amides is 4. The van der Waals surface area contributed by atoms with Crippen LogP contribution in [0.1, 0.15) is 59.3 Å². The van der Waals surface area contributed by atoms with Gasteiger partial charge in [0.05, 0.1) is 13.2 Å². The minimum Gasteiger partial charge on any atom is -0.350 e. The summed E-state index contributed by atoms with van der Waals surface area (Å²) >= 11 is 0. The third-order valence-electron chi connectivity index (χ3n) is 4.51. The number of urea groups is 1. The molecule has 0 unspecified atom stereocenters.